The Morgan fingerprint density at radius 3 is 2.74 bits per heavy atom. The van der Waals surface area contributed by atoms with Crippen LogP contribution in [-0.4, -0.2) is 69.3 Å². The van der Waals surface area contributed by atoms with Gasteiger partial charge in [0.2, 0.25) is 0 Å². The third kappa shape index (κ3) is 2.95. The Bertz CT molecular complexity index is 286. The number of rotatable bonds is 2. The van der Waals surface area contributed by atoms with Crippen LogP contribution in [0, 0.1) is 0 Å². The van der Waals surface area contributed by atoms with Crippen LogP contribution < -0.4 is 5.32 Å². The summed E-state index contributed by atoms with van der Waals surface area (Å²) in [6.45, 7) is 5.39. The molecule has 2 heterocycles. The van der Waals surface area contributed by atoms with Crippen LogP contribution in [0.5, 0.6) is 0 Å². The Morgan fingerprint density at radius 1 is 1.11 bits per heavy atom. The standard InChI is InChI=1S/C14H26N2O3/c1-15-12-3-4-14(18-9-10-19-14)11-13(12)16-5-2-7-17-8-6-16/h12-13,15H,2-11H2,1H3. The van der Waals surface area contributed by atoms with Crippen LogP contribution in [-0.2, 0) is 14.2 Å². The zero-order valence-electron chi connectivity index (χ0n) is 11.9. The maximum absolute atomic E-state index is 5.92. The number of likely N-dealkylation sites (N-methyl/N-ethyl adjacent to an activating group) is 1. The van der Waals surface area contributed by atoms with Gasteiger partial charge in [0, 0.05) is 44.6 Å². The van der Waals surface area contributed by atoms with Gasteiger partial charge in [-0.2, -0.15) is 0 Å². The van der Waals surface area contributed by atoms with Crippen molar-refractivity contribution in [2.75, 3.05) is 46.6 Å². The Balaban J connectivity index is 1.70. The quantitative estimate of drug-likeness (QED) is 0.795. The lowest BCUT2D eigenvalue weighted by molar-refractivity contribution is -0.193. The summed E-state index contributed by atoms with van der Waals surface area (Å²) in [5, 5.41) is 3.48. The molecule has 0 bridgehead atoms. The average Bonchev–Trinajstić information content (AvgIpc) is 2.73. The van der Waals surface area contributed by atoms with Gasteiger partial charge in [-0.15, -0.1) is 0 Å². The molecule has 2 atom stereocenters. The van der Waals surface area contributed by atoms with Gasteiger partial charge in [-0.25, -0.2) is 0 Å². The Hall–Kier alpha value is -0.200. The number of ether oxygens (including phenoxy) is 3. The number of nitrogens with zero attached hydrogens (tertiary/aromatic N) is 1. The van der Waals surface area contributed by atoms with E-state index in [1.54, 1.807) is 0 Å². The van der Waals surface area contributed by atoms with Gasteiger partial charge in [0.25, 0.3) is 0 Å². The van der Waals surface area contributed by atoms with Crippen molar-refractivity contribution in [3.63, 3.8) is 0 Å². The maximum Gasteiger partial charge on any atom is 0.170 e. The summed E-state index contributed by atoms with van der Waals surface area (Å²) in [5.41, 5.74) is 0. The van der Waals surface area contributed by atoms with Gasteiger partial charge < -0.3 is 19.5 Å². The van der Waals surface area contributed by atoms with Crippen LogP contribution in [0.3, 0.4) is 0 Å². The SMILES string of the molecule is CNC1CCC2(CC1N1CCCOCC1)OCCO2. The predicted molar refractivity (Wildman–Crippen MR) is 72.1 cm³/mol. The Morgan fingerprint density at radius 2 is 1.95 bits per heavy atom. The van der Waals surface area contributed by atoms with Gasteiger partial charge in [-0.3, -0.25) is 4.90 Å². The third-order valence-corrected chi connectivity index (χ3v) is 4.73. The van der Waals surface area contributed by atoms with Crippen molar-refractivity contribution in [2.45, 2.75) is 43.6 Å². The molecule has 19 heavy (non-hydrogen) atoms. The molecule has 3 rings (SSSR count). The Labute approximate surface area is 115 Å². The second-order valence-corrected chi connectivity index (χ2v) is 5.81. The number of hydrogen-bond donors (Lipinski definition) is 1. The summed E-state index contributed by atoms with van der Waals surface area (Å²) >= 11 is 0. The van der Waals surface area contributed by atoms with Crippen molar-refractivity contribution in [3.8, 4) is 0 Å². The highest BCUT2D eigenvalue weighted by Gasteiger charge is 2.46. The van der Waals surface area contributed by atoms with Crippen molar-refractivity contribution in [2.24, 2.45) is 0 Å². The van der Waals surface area contributed by atoms with Crippen molar-refractivity contribution in [3.05, 3.63) is 0 Å². The van der Waals surface area contributed by atoms with Crippen molar-refractivity contribution in [1.82, 2.24) is 10.2 Å². The number of nitrogens with one attached hydrogen (secondary N) is 1. The summed E-state index contributed by atoms with van der Waals surface area (Å²) in [5.74, 6) is -0.300. The largest absolute Gasteiger partial charge is 0.380 e. The zero-order valence-corrected chi connectivity index (χ0v) is 11.9. The van der Waals surface area contributed by atoms with E-state index in [1.165, 1.54) is 0 Å². The van der Waals surface area contributed by atoms with Crippen LogP contribution in [0.25, 0.3) is 0 Å². The van der Waals surface area contributed by atoms with E-state index in [9.17, 15) is 0 Å². The molecule has 2 saturated heterocycles. The molecule has 1 spiro atoms. The molecular formula is C14H26N2O3. The maximum atomic E-state index is 5.92. The number of hydrogen-bond acceptors (Lipinski definition) is 5. The molecule has 2 aliphatic heterocycles. The van der Waals surface area contributed by atoms with E-state index >= 15 is 0 Å². The van der Waals surface area contributed by atoms with Crippen LogP contribution in [0.15, 0.2) is 0 Å². The lowest BCUT2D eigenvalue weighted by atomic mass is 9.84. The molecule has 3 fully saturated rings. The minimum absolute atomic E-state index is 0.300. The second kappa shape index (κ2) is 6.06. The predicted octanol–water partition coefficient (Wildman–Crippen LogP) is 0.592. The molecule has 0 aromatic heterocycles. The van der Waals surface area contributed by atoms with E-state index in [0.29, 0.717) is 12.1 Å². The molecule has 0 amide bonds. The van der Waals surface area contributed by atoms with Crippen LogP contribution in [0.1, 0.15) is 25.7 Å². The fourth-order valence-electron chi connectivity index (χ4n) is 3.71. The first-order valence-corrected chi connectivity index (χ1v) is 7.60. The van der Waals surface area contributed by atoms with Gasteiger partial charge in [0.15, 0.2) is 5.79 Å². The lowest BCUT2D eigenvalue weighted by Crippen LogP contribution is -2.57. The van der Waals surface area contributed by atoms with E-state index in [-0.39, 0.29) is 5.79 Å². The molecule has 1 N–H and O–H groups in total. The van der Waals surface area contributed by atoms with Crippen molar-refractivity contribution >= 4 is 0 Å². The van der Waals surface area contributed by atoms with Crippen LogP contribution >= 0.6 is 0 Å². The molecule has 3 aliphatic rings. The topological polar surface area (TPSA) is 43.0 Å². The van der Waals surface area contributed by atoms with E-state index in [0.717, 1.165) is 65.2 Å². The van der Waals surface area contributed by atoms with E-state index in [1.807, 2.05) is 0 Å². The fraction of sp³-hybridized carbons (Fsp3) is 1.00. The molecule has 0 aromatic rings. The van der Waals surface area contributed by atoms with Gasteiger partial charge in [0.1, 0.15) is 0 Å². The first-order valence-electron chi connectivity index (χ1n) is 7.60. The van der Waals surface area contributed by atoms with Gasteiger partial charge >= 0.3 is 0 Å². The first kappa shape index (κ1) is 13.8. The van der Waals surface area contributed by atoms with Gasteiger partial charge in [0.05, 0.1) is 19.8 Å². The van der Waals surface area contributed by atoms with E-state index in [2.05, 4.69) is 17.3 Å². The van der Waals surface area contributed by atoms with E-state index < -0.39 is 0 Å². The van der Waals surface area contributed by atoms with E-state index in [4.69, 9.17) is 14.2 Å². The average molecular weight is 270 g/mol. The molecule has 2 unspecified atom stereocenters. The van der Waals surface area contributed by atoms with Crippen LogP contribution in [0.2, 0.25) is 0 Å². The molecule has 5 heteroatoms. The van der Waals surface area contributed by atoms with Gasteiger partial charge in [-0.05, 0) is 19.9 Å². The molecule has 5 nitrogen and oxygen atoms in total. The highest BCUT2D eigenvalue weighted by Crippen LogP contribution is 2.38. The summed E-state index contributed by atoms with van der Waals surface area (Å²) < 4.78 is 17.4. The second-order valence-electron chi connectivity index (χ2n) is 5.81. The summed E-state index contributed by atoms with van der Waals surface area (Å²) in [4.78, 5) is 2.57. The Kier molecular flexibility index (Phi) is 4.39. The highest BCUT2D eigenvalue weighted by atomic mass is 16.7. The molecule has 0 aromatic carbocycles. The monoisotopic (exact) mass is 270 g/mol. The summed E-state index contributed by atoms with van der Waals surface area (Å²) in [7, 11) is 2.07. The molecule has 0 radical (unpaired) electrons. The highest BCUT2D eigenvalue weighted by molar-refractivity contribution is 4.96. The summed E-state index contributed by atoms with van der Waals surface area (Å²) in [6, 6.07) is 1.04. The summed E-state index contributed by atoms with van der Waals surface area (Å²) in [6.07, 6.45) is 4.25. The molecule has 1 saturated carbocycles. The van der Waals surface area contributed by atoms with Crippen molar-refractivity contribution < 1.29 is 14.2 Å². The first-order chi connectivity index (χ1) is 9.33. The minimum atomic E-state index is -0.300. The normalized spacial score (nSPS) is 36.5. The van der Waals surface area contributed by atoms with Gasteiger partial charge in [-0.1, -0.05) is 0 Å². The molecule has 110 valence electrons. The van der Waals surface area contributed by atoms with Crippen LogP contribution in [0.4, 0.5) is 0 Å². The zero-order chi connectivity index (χ0) is 13.1. The third-order valence-electron chi connectivity index (χ3n) is 4.73. The molecule has 1 aliphatic carbocycles. The lowest BCUT2D eigenvalue weighted by Gasteiger charge is -2.45. The fourth-order valence-corrected chi connectivity index (χ4v) is 3.71. The smallest absolute Gasteiger partial charge is 0.170 e. The van der Waals surface area contributed by atoms with Crippen molar-refractivity contribution in [1.29, 1.82) is 0 Å². The molecular weight excluding hydrogens is 244 g/mol. The minimum Gasteiger partial charge on any atom is -0.380 e.